The molecule has 0 aliphatic heterocycles. The van der Waals surface area contributed by atoms with E-state index in [9.17, 15) is 13.5 Å². The summed E-state index contributed by atoms with van der Waals surface area (Å²) in [5.41, 5.74) is 1.46. The Morgan fingerprint density at radius 3 is 2.46 bits per heavy atom. The number of aliphatic hydroxyl groups excluding tert-OH is 1. The lowest BCUT2D eigenvalue weighted by Gasteiger charge is -2.19. The van der Waals surface area contributed by atoms with Gasteiger partial charge in [-0.25, -0.2) is 13.1 Å². The van der Waals surface area contributed by atoms with Gasteiger partial charge in [0.25, 0.3) is 10.0 Å². The third kappa shape index (κ3) is 3.51. The smallest absolute Gasteiger partial charge is 0.274 e. The molecule has 0 saturated heterocycles. The van der Waals surface area contributed by atoms with Gasteiger partial charge in [-0.15, -0.1) is 0 Å². The van der Waals surface area contributed by atoms with Crippen molar-refractivity contribution in [3.05, 3.63) is 66.2 Å². The van der Waals surface area contributed by atoms with E-state index in [2.05, 4.69) is 4.72 Å². The summed E-state index contributed by atoms with van der Waals surface area (Å²) in [5, 5.41) is 10.8. The average molecular weight is 345 g/mol. The van der Waals surface area contributed by atoms with E-state index < -0.39 is 16.1 Å². The second kappa shape index (κ2) is 6.76. The van der Waals surface area contributed by atoms with Crippen molar-refractivity contribution in [2.75, 3.05) is 6.54 Å². The van der Waals surface area contributed by atoms with Crippen molar-refractivity contribution in [3.8, 4) is 0 Å². The number of hydrogen-bond donors (Lipinski definition) is 2. The topological polar surface area (TPSA) is 79.5 Å². The van der Waals surface area contributed by atoms with Crippen molar-refractivity contribution in [3.63, 3.8) is 0 Å². The summed E-state index contributed by atoms with van der Waals surface area (Å²) in [4.78, 5) is 0. The van der Waals surface area contributed by atoms with Crippen LogP contribution in [0.4, 0.5) is 0 Å². The molecular formula is C18H19NO4S. The Morgan fingerprint density at radius 1 is 1.08 bits per heavy atom. The van der Waals surface area contributed by atoms with Gasteiger partial charge in [0.1, 0.15) is 5.58 Å². The zero-order chi connectivity index (χ0) is 17.2. The molecule has 3 rings (SSSR count). The SMILES string of the molecule is CC(c1ccccc1)C(O)CNS(=O)(=O)c1cc2ccccc2o1. The summed E-state index contributed by atoms with van der Waals surface area (Å²) in [7, 11) is -3.81. The predicted molar refractivity (Wildman–Crippen MR) is 92.3 cm³/mol. The Bertz CT molecular complexity index is 885. The number of hydrogen-bond acceptors (Lipinski definition) is 4. The first-order valence-corrected chi connectivity index (χ1v) is 9.17. The number of benzene rings is 2. The maximum absolute atomic E-state index is 12.3. The zero-order valence-corrected chi connectivity index (χ0v) is 14.0. The van der Waals surface area contributed by atoms with Gasteiger partial charge in [0.15, 0.2) is 0 Å². The van der Waals surface area contributed by atoms with Crippen LogP contribution in [0.25, 0.3) is 11.0 Å². The van der Waals surface area contributed by atoms with Gasteiger partial charge in [-0.3, -0.25) is 0 Å². The lowest BCUT2D eigenvalue weighted by atomic mass is 9.96. The minimum absolute atomic E-state index is 0.0879. The van der Waals surface area contributed by atoms with Crippen LogP contribution in [0.2, 0.25) is 0 Å². The number of nitrogens with one attached hydrogen (secondary N) is 1. The highest BCUT2D eigenvalue weighted by Crippen LogP contribution is 2.23. The minimum atomic E-state index is -3.81. The normalized spacial score (nSPS) is 14.6. The fraction of sp³-hybridized carbons (Fsp3) is 0.222. The van der Waals surface area contributed by atoms with Gasteiger partial charge in [0, 0.05) is 23.9 Å². The van der Waals surface area contributed by atoms with Gasteiger partial charge in [-0.2, -0.15) is 0 Å². The van der Waals surface area contributed by atoms with Crippen molar-refractivity contribution in [1.82, 2.24) is 4.72 Å². The van der Waals surface area contributed by atoms with Gasteiger partial charge in [0.05, 0.1) is 6.10 Å². The monoisotopic (exact) mass is 345 g/mol. The van der Waals surface area contributed by atoms with E-state index in [0.29, 0.717) is 5.58 Å². The summed E-state index contributed by atoms with van der Waals surface area (Å²) in [6.07, 6.45) is -0.841. The molecule has 2 atom stereocenters. The Morgan fingerprint density at radius 2 is 1.75 bits per heavy atom. The summed E-state index contributed by atoms with van der Waals surface area (Å²) in [6, 6.07) is 18.0. The van der Waals surface area contributed by atoms with Crippen LogP contribution in [0.5, 0.6) is 0 Å². The summed E-state index contributed by atoms with van der Waals surface area (Å²) >= 11 is 0. The summed E-state index contributed by atoms with van der Waals surface area (Å²) < 4.78 is 32.5. The molecule has 0 radical (unpaired) electrons. The molecule has 0 aliphatic carbocycles. The average Bonchev–Trinajstić information content (AvgIpc) is 3.05. The van der Waals surface area contributed by atoms with E-state index >= 15 is 0 Å². The van der Waals surface area contributed by atoms with Crippen molar-refractivity contribution < 1.29 is 17.9 Å². The third-order valence-corrected chi connectivity index (χ3v) is 5.33. The zero-order valence-electron chi connectivity index (χ0n) is 13.2. The van der Waals surface area contributed by atoms with Crippen molar-refractivity contribution >= 4 is 21.0 Å². The molecule has 1 heterocycles. The molecule has 3 aromatic rings. The summed E-state index contributed by atoms with van der Waals surface area (Å²) in [5.74, 6) is -0.190. The van der Waals surface area contributed by atoms with Crippen LogP contribution in [0, 0.1) is 0 Å². The Kier molecular flexibility index (Phi) is 4.71. The molecule has 2 aromatic carbocycles. The van der Waals surface area contributed by atoms with Crippen LogP contribution in [0.15, 0.2) is 70.2 Å². The van der Waals surface area contributed by atoms with E-state index in [-0.39, 0.29) is 17.6 Å². The molecule has 0 spiro atoms. The van der Waals surface area contributed by atoms with Gasteiger partial charge in [-0.05, 0) is 11.6 Å². The van der Waals surface area contributed by atoms with Crippen LogP contribution in [-0.2, 0) is 10.0 Å². The van der Waals surface area contributed by atoms with Gasteiger partial charge in [-0.1, -0.05) is 55.5 Å². The molecular weight excluding hydrogens is 326 g/mol. The van der Waals surface area contributed by atoms with E-state index in [1.54, 1.807) is 18.2 Å². The maximum Gasteiger partial charge on any atom is 0.274 e. The van der Waals surface area contributed by atoms with Crippen molar-refractivity contribution in [2.45, 2.75) is 24.0 Å². The van der Waals surface area contributed by atoms with Crippen LogP contribution < -0.4 is 4.72 Å². The fourth-order valence-electron chi connectivity index (χ4n) is 2.51. The van der Waals surface area contributed by atoms with Crippen molar-refractivity contribution in [1.29, 1.82) is 0 Å². The van der Waals surface area contributed by atoms with Crippen LogP contribution in [-0.4, -0.2) is 26.2 Å². The first-order valence-electron chi connectivity index (χ1n) is 7.68. The molecule has 0 amide bonds. The van der Waals surface area contributed by atoms with Crippen LogP contribution in [0.3, 0.4) is 0 Å². The highest BCUT2D eigenvalue weighted by Gasteiger charge is 2.23. The standard InChI is InChI=1S/C18H19NO4S/c1-13(14-7-3-2-4-8-14)16(20)12-19-24(21,22)18-11-15-9-5-6-10-17(15)23-18/h2-11,13,16,19-20H,12H2,1H3. The van der Waals surface area contributed by atoms with Crippen LogP contribution in [0.1, 0.15) is 18.4 Å². The number of furan rings is 1. The number of rotatable bonds is 6. The molecule has 0 saturated carbocycles. The molecule has 0 bridgehead atoms. The highest BCUT2D eigenvalue weighted by molar-refractivity contribution is 7.89. The second-order valence-corrected chi connectivity index (χ2v) is 7.42. The largest absolute Gasteiger partial charge is 0.443 e. The van der Waals surface area contributed by atoms with Gasteiger partial charge >= 0.3 is 0 Å². The third-order valence-electron chi connectivity index (χ3n) is 4.05. The molecule has 126 valence electrons. The maximum atomic E-state index is 12.3. The van der Waals surface area contributed by atoms with Gasteiger partial charge < -0.3 is 9.52 Å². The molecule has 2 unspecified atom stereocenters. The number of para-hydroxylation sites is 1. The lowest BCUT2D eigenvalue weighted by molar-refractivity contribution is 0.153. The van der Waals surface area contributed by atoms with Crippen LogP contribution >= 0.6 is 0 Å². The molecule has 2 N–H and O–H groups in total. The first kappa shape index (κ1) is 16.7. The van der Waals surface area contributed by atoms with E-state index in [4.69, 9.17) is 4.42 Å². The molecule has 6 heteroatoms. The van der Waals surface area contributed by atoms with E-state index in [1.165, 1.54) is 6.07 Å². The highest BCUT2D eigenvalue weighted by atomic mass is 32.2. The lowest BCUT2D eigenvalue weighted by Crippen LogP contribution is -2.34. The second-order valence-electron chi connectivity index (χ2n) is 5.72. The predicted octanol–water partition coefficient (Wildman–Crippen LogP) is 2.88. The van der Waals surface area contributed by atoms with Gasteiger partial charge in [0.2, 0.25) is 5.09 Å². The number of aliphatic hydroxyl groups is 1. The van der Waals surface area contributed by atoms with Crippen molar-refractivity contribution in [2.24, 2.45) is 0 Å². The van der Waals surface area contributed by atoms with E-state index in [1.807, 2.05) is 43.3 Å². The fourth-order valence-corrected chi connectivity index (χ4v) is 3.53. The number of fused-ring (bicyclic) bond motifs is 1. The molecule has 24 heavy (non-hydrogen) atoms. The van der Waals surface area contributed by atoms with E-state index in [0.717, 1.165) is 10.9 Å². The molecule has 0 fully saturated rings. The Balaban J connectivity index is 1.70. The Labute approximate surface area is 141 Å². The number of sulfonamides is 1. The summed E-state index contributed by atoms with van der Waals surface area (Å²) in [6.45, 7) is 1.77. The Hall–Kier alpha value is -2.15. The minimum Gasteiger partial charge on any atom is -0.443 e. The molecule has 1 aromatic heterocycles. The molecule has 0 aliphatic rings. The first-order chi connectivity index (χ1) is 11.5. The molecule has 5 nitrogen and oxygen atoms in total. The quantitative estimate of drug-likeness (QED) is 0.720.